The molecule has 1 aliphatic carbocycles. The summed E-state index contributed by atoms with van der Waals surface area (Å²) < 4.78 is 114. The number of hydrogen-bond acceptors (Lipinski definition) is 4. The van der Waals surface area contributed by atoms with Gasteiger partial charge in [0.2, 0.25) is 0 Å². The molecule has 0 amide bonds. The van der Waals surface area contributed by atoms with Crippen LogP contribution in [0.25, 0.3) is 72.1 Å². The van der Waals surface area contributed by atoms with Gasteiger partial charge in [-0.25, -0.2) is 4.98 Å². The Bertz CT molecular complexity index is 4660. The van der Waals surface area contributed by atoms with Crippen LogP contribution in [-0.4, -0.2) is 16.2 Å². The lowest BCUT2D eigenvalue weighted by atomic mass is 9.63. The SMILES string of the molecule is [2H]c1c([2H])c([2H])c(-c2c([2H])c(-c3ccccc3)c([2H])c(-c3cccc(-c4c([2H])c([2H])c5c(c4[2H])C(C)(C)CCC5(C)C)c3N3CN(c4cccc(Oc5ccc6c7ccccc7n(-c7cc(CC(C)C)ccn7)c6c5)c4)c4ccccc43)c2[2H])c([2H])c1[2H]. The number of benzene rings is 9. The van der Waals surface area contributed by atoms with Gasteiger partial charge in [0, 0.05) is 45.9 Å². The minimum Gasteiger partial charge on any atom is -0.457 e. The van der Waals surface area contributed by atoms with Crippen LogP contribution in [0.5, 0.6) is 11.5 Å². The zero-order valence-electron chi connectivity index (χ0n) is 55.1. The van der Waals surface area contributed by atoms with Crippen molar-refractivity contribution in [3.63, 3.8) is 0 Å². The Morgan fingerprint density at radius 2 is 1.19 bits per heavy atom. The molecule has 2 aliphatic rings. The summed E-state index contributed by atoms with van der Waals surface area (Å²) in [7, 11) is 0. The Morgan fingerprint density at radius 3 is 1.99 bits per heavy atom. The lowest BCUT2D eigenvalue weighted by Gasteiger charge is -2.42. The normalized spacial score (nSPS) is 16.5. The predicted molar refractivity (Wildman–Crippen MR) is 323 cm³/mol. The van der Waals surface area contributed by atoms with Gasteiger partial charge in [-0.15, -0.1) is 0 Å². The van der Waals surface area contributed by atoms with Crippen molar-refractivity contribution >= 4 is 44.6 Å². The first-order valence-electron chi connectivity index (χ1n) is 32.0. The molecule has 0 saturated heterocycles. The van der Waals surface area contributed by atoms with Crippen LogP contribution in [-0.2, 0) is 17.3 Å². The largest absolute Gasteiger partial charge is 0.457 e. The fourth-order valence-corrected chi connectivity index (χ4v) is 11.4. The van der Waals surface area contributed by atoms with E-state index in [-0.39, 0.29) is 64.7 Å². The first-order valence-corrected chi connectivity index (χ1v) is 26.5. The molecule has 0 atom stereocenters. The van der Waals surface area contributed by atoms with Gasteiger partial charge in [0.25, 0.3) is 0 Å². The molecule has 5 nitrogen and oxygen atoms in total. The highest BCUT2D eigenvalue weighted by Gasteiger charge is 2.38. The van der Waals surface area contributed by atoms with Gasteiger partial charge in [0.15, 0.2) is 0 Å². The summed E-state index contributed by atoms with van der Waals surface area (Å²) in [6, 6.07) is 44.4. The van der Waals surface area contributed by atoms with E-state index in [1.165, 1.54) is 5.56 Å². The number of rotatable bonds is 11. The molecular weight excluding hydrogens is 937 g/mol. The van der Waals surface area contributed by atoms with E-state index >= 15 is 0 Å². The quantitative estimate of drug-likeness (QED) is 0.129. The smallest absolute Gasteiger partial charge is 0.137 e. The maximum Gasteiger partial charge on any atom is 0.137 e. The van der Waals surface area contributed by atoms with Gasteiger partial charge in [-0.1, -0.05) is 175 Å². The van der Waals surface area contributed by atoms with E-state index < -0.39 is 47.1 Å². The molecule has 0 unspecified atom stereocenters. The number of para-hydroxylation sites is 4. The van der Waals surface area contributed by atoms with E-state index in [1.807, 2.05) is 83.9 Å². The maximum atomic E-state index is 10.3. The number of pyridine rings is 1. The highest BCUT2D eigenvalue weighted by Crippen LogP contribution is 2.53. The highest BCUT2D eigenvalue weighted by atomic mass is 16.5. The molecule has 0 saturated carbocycles. The summed E-state index contributed by atoms with van der Waals surface area (Å²) in [6.07, 6.45) is 4.31. The fourth-order valence-electron chi connectivity index (χ4n) is 11.4. The van der Waals surface area contributed by atoms with Crippen LogP contribution in [0.15, 0.2) is 224 Å². The van der Waals surface area contributed by atoms with Crippen molar-refractivity contribution in [1.29, 1.82) is 0 Å². The van der Waals surface area contributed by atoms with Crippen LogP contribution in [0, 0.1) is 5.92 Å². The standard InChI is InChI=1S/C72H64N4O/c1-48(2)39-49-35-38-73-69(40-49)76-65-28-14-13-25-61(65)62-33-32-58(46-68(62)76)77-57-24-17-23-56(45-57)74-47-75(67-30-16-15-29-66(67)74)70-59(52-31-34-63-64(44-52)72(5,6)37-36-71(63,3)4)26-18-27-60(70)55-42-53(50-19-9-7-10-20-50)41-54(43-55)51-21-11-8-12-22-51/h7-35,38,40-46,48H,36-37,39,47H2,1-6H3/i7D,9D,10D,19D,20D,31D,34D,41D,42D,43D,44D. The Kier molecular flexibility index (Phi) is 9.24. The van der Waals surface area contributed by atoms with Gasteiger partial charge in [-0.05, 0) is 159 Å². The molecule has 0 fully saturated rings. The van der Waals surface area contributed by atoms with Crippen molar-refractivity contribution in [3.8, 4) is 61.8 Å². The van der Waals surface area contributed by atoms with Crippen molar-refractivity contribution in [3.05, 3.63) is 241 Å². The second-order valence-electron chi connectivity index (χ2n) is 22.1. The van der Waals surface area contributed by atoms with Crippen LogP contribution < -0.4 is 14.5 Å². The monoisotopic (exact) mass is 1010 g/mol. The first kappa shape index (κ1) is 37.1. The van der Waals surface area contributed by atoms with Crippen LogP contribution in [0.4, 0.5) is 22.7 Å². The van der Waals surface area contributed by atoms with Crippen LogP contribution in [0.2, 0.25) is 0 Å². The number of nitrogens with zero attached hydrogens (tertiary/aromatic N) is 4. The van der Waals surface area contributed by atoms with Gasteiger partial charge in [0.05, 0.1) is 43.2 Å². The molecule has 0 radical (unpaired) electrons. The Morgan fingerprint density at radius 1 is 0.532 bits per heavy atom. The van der Waals surface area contributed by atoms with Crippen molar-refractivity contribution < 1.29 is 19.8 Å². The minimum atomic E-state index is -0.629. The zero-order valence-corrected chi connectivity index (χ0v) is 44.1. The minimum absolute atomic E-state index is 0.00141. The molecule has 77 heavy (non-hydrogen) atoms. The molecule has 5 heteroatoms. The lowest BCUT2D eigenvalue weighted by Crippen LogP contribution is -2.33. The van der Waals surface area contributed by atoms with E-state index in [1.54, 1.807) is 42.5 Å². The molecule has 1 aliphatic heterocycles. The van der Waals surface area contributed by atoms with Crippen LogP contribution >= 0.6 is 0 Å². The number of aromatic nitrogens is 2. The third kappa shape index (κ3) is 8.84. The summed E-state index contributed by atoms with van der Waals surface area (Å²) in [6.45, 7) is 12.9. The van der Waals surface area contributed by atoms with Gasteiger partial charge in [-0.3, -0.25) is 4.57 Å². The summed E-state index contributed by atoms with van der Waals surface area (Å²) in [4.78, 5) is 9.05. The second kappa shape index (κ2) is 19.2. The Labute approximate surface area is 469 Å². The van der Waals surface area contributed by atoms with Gasteiger partial charge >= 0.3 is 0 Å². The third-order valence-corrected chi connectivity index (χ3v) is 15.4. The molecular formula is C72H64N4O. The van der Waals surface area contributed by atoms with Crippen LogP contribution in [0.3, 0.4) is 0 Å². The van der Waals surface area contributed by atoms with Crippen molar-refractivity contribution in [2.75, 3.05) is 16.5 Å². The molecule has 3 heterocycles. The average Bonchev–Trinajstić information content (AvgIpc) is 0.785. The maximum absolute atomic E-state index is 10.3. The molecule has 9 aromatic carbocycles. The predicted octanol–water partition coefficient (Wildman–Crippen LogP) is 19.4. The first-order chi connectivity index (χ1) is 42.1. The zero-order chi connectivity index (χ0) is 62.0. The molecule has 378 valence electrons. The van der Waals surface area contributed by atoms with E-state index in [0.29, 0.717) is 56.6 Å². The summed E-state index contributed by atoms with van der Waals surface area (Å²) in [5.74, 6) is 2.47. The van der Waals surface area contributed by atoms with Crippen molar-refractivity contribution in [2.45, 2.75) is 71.6 Å². The molecule has 13 rings (SSSR count). The highest BCUT2D eigenvalue weighted by molar-refractivity contribution is 6.09. The summed E-state index contributed by atoms with van der Waals surface area (Å²) in [5, 5.41) is 2.16. The molecule has 2 aromatic heterocycles. The van der Waals surface area contributed by atoms with E-state index in [9.17, 15) is 11.0 Å². The topological polar surface area (TPSA) is 33.5 Å². The fraction of sp³-hybridized carbons (Fsp3) is 0.181. The third-order valence-electron chi connectivity index (χ3n) is 15.4. The number of anilines is 4. The number of hydrogen-bond donors (Lipinski definition) is 0. The summed E-state index contributed by atoms with van der Waals surface area (Å²) >= 11 is 0. The Hall–Kier alpha value is -8.67. The second-order valence-corrected chi connectivity index (χ2v) is 22.1. The van der Waals surface area contributed by atoms with Gasteiger partial charge < -0.3 is 14.5 Å². The van der Waals surface area contributed by atoms with Crippen molar-refractivity contribution in [1.82, 2.24) is 9.55 Å². The van der Waals surface area contributed by atoms with Gasteiger partial charge in [-0.2, -0.15) is 0 Å². The number of ether oxygens (including phenoxy) is 1. The van der Waals surface area contributed by atoms with E-state index in [2.05, 4.69) is 87.4 Å². The van der Waals surface area contributed by atoms with Crippen molar-refractivity contribution in [2.24, 2.45) is 5.92 Å². The molecule has 0 spiro atoms. The molecule has 0 bridgehead atoms. The molecule has 0 N–H and O–H groups in total. The van der Waals surface area contributed by atoms with E-state index in [4.69, 9.17) is 13.8 Å². The van der Waals surface area contributed by atoms with Crippen LogP contribution in [0.1, 0.15) is 86.2 Å². The Balaban J connectivity index is 1.01. The van der Waals surface area contributed by atoms with Gasteiger partial charge in [0.1, 0.15) is 24.0 Å². The summed E-state index contributed by atoms with van der Waals surface area (Å²) in [5.41, 5.74) is 6.98. The van der Waals surface area contributed by atoms with E-state index in [0.717, 1.165) is 58.3 Å². The lowest BCUT2D eigenvalue weighted by molar-refractivity contribution is 0.332. The molecule has 11 aromatic rings. The average molecular weight is 1010 g/mol. The number of fused-ring (bicyclic) bond motifs is 5.